The van der Waals surface area contributed by atoms with Crippen molar-refractivity contribution in [2.75, 3.05) is 0 Å². The third-order valence-electron chi connectivity index (χ3n) is 15.5. The molecule has 72 heavy (non-hydrogen) atoms. The summed E-state index contributed by atoms with van der Waals surface area (Å²) in [7, 11) is 0. The maximum absolute atomic E-state index is 6.60. The molecule has 1 atom stereocenters. The van der Waals surface area contributed by atoms with Crippen molar-refractivity contribution in [1.29, 1.82) is 0 Å². The lowest BCUT2D eigenvalue weighted by molar-refractivity contribution is 0.656. The lowest BCUT2D eigenvalue weighted by Gasteiger charge is -2.20. The third kappa shape index (κ3) is 6.58. The van der Waals surface area contributed by atoms with E-state index in [0.717, 1.165) is 79.1 Å². The second-order valence-corrected chi connectivity index (χ2v) is 19.5. The molecule has 0 radical (unpaired) electrons. The number of aromatic nitrogens is 1. The van der Waals surface area contributed by atoms with E-state index >= 15 is 0 Å². The Kier molecular flexibility index (Phi) is 9.15. The summed E-state index contributed by atoms with van der Waals surface area (Å²) >= 11 is 0. The zero-order chi connectivity index (χ0) is 47.3. The van der Waals surface area contributed by atoms with Crippen molar-refractivity contribution in [3.05, 3.63) is 259 Å². The van der Waals surface area contributed by atoms with E-state index in [4.69, 9.17) is 8.83 Å². The number of aryl methyl sites for hydroxylation is 1. The first-order valence-corrected chi connectivity index (χ1v) is 25.1. The normalized spacial score (nSPS) is 13.6. The SMILES string of the molecule is c1ccc(-c2ccc3c(c2)-c2cc(-c4ccc5oc6cc7oc8ccc(-c9ccc%10c(c9)c9cc(-c%11ccccc%11)ccc9n%10-c9ccccc9)cc8c7cc6c5c4)ccc2C(c2ccccc2)CC3)cc1. The van der Waals surface area contributed by atoms with Crippen LogP contribution in [0.4, 0.5) is 0 Å². The molecule has 1 aliphatic carbocycles. The van der Waals surface area contributed by atoms with Crippen molar-refractivity contribution in [3.8, 4) is 61.3 Å². The highest BCUT2D eigenvalue weighted by atomic mass is 16.3. The van der Waals surface area contributed by atoms with Crippen molar-refractivity contribution in [2.24, 2.45) is 0 Å². The Hall–Kier alpha value is -9.18. The molecule has 15 rings (SSSR count). The van der Waals surface area contributed by atoms with Crippen molar-refractivity contribution in [3.63, 3.8) is 0 Å². The molecule has 0 fully saturated rings. The van der Waals surface area contributed by atoms with Gasteiger partial charge in [0.05, 0.1) is 11.0 Å². The first-order chi connectivity index (χ1) is 35.6. The summed E-state index contributed by atoms with van der Waals surface area (Å²) in [6, 6.07) is 88.8. The number of rotatable bonds is 6. The molecule has 0 amide bonds. The molecule has 11 aromatic carbocycles. The fourth-order valence-electron chi connectivity index (χ4n) is 11.9. The number of hydrogen-bond donors (Lipinski definition) is 0. The van der Waals surface area contributed by atoms with E-state index < -0.39 is 0 Å². The standard InChI is InChI=1S/C69H45NO2/c1-5-13-43(14-6-1)47-22-21-46-23-29-54(45-17-9-3-10-18-45)55-30-24-49(36-57(55)56(46)35-47)51-27-33-66-60(39-51)62-41-63-61-40-52(28-34-67(61)72-69(63)42-68(62)71-66)50-26-32-65-59(38-50)58-37-48(44-15-7-2-8-16-44)25-31-64(58)70(65)53-19-11-4-12-20-53/h1-22,24-28,30-42,54H,23,29H2. The van der Waals surface area contributed by atoms with Crippen LogP contribution in [0.2, 0.25) is 0 Å². The maximum atomic E-state index is 6.60. The van der Waals surface area contributed by atoms with Gasteiger partial charge in [0.1, 0.15) is 22.3 Å². The zero-order valence-corrected chi connectivity index (χ0v) is 39.3. The largest absolute Gasteiger partial charge is 0.456 e. The minimum atomic E-state index is 0.299. The molecular weight excluding hydrogens is 875 g/mol. The van der Waals surface area contributed by atoms with Gasteiger partial charge >= 0.3 is 0 Å². The number of para-hydroxylation sites is 1. The molecule has 0 N–H and O–H groups in total. The van der Waals surface area contributed by atoms with Crippen LogP contribution in [0.1, 0.15) is 29.0 Å². The van der Waals surface area contributed by atoms with Crippen molar-refractivity contribution in [2.45, 2.75) is 18.8 Å². The Labute approximate surface area is 416 Å². The van der Waals surface area contributed by atoms with E-state index in [1.165, 1.54) is 77.4 Å². The summed E-state index contributed by atoms with van der Waals surface area (Å²) in [5.74, 6) is 0.299. The van der Waals surface area contributed by atoms with E-state index in [1.54, 1.807) is 0 Å². The van der Waals surface area contributed by atoms with Gasteiger partial charge in [-0.15, -0.1) is 0 Å². The van der Waals surface area contributed by atoms with Gasteiger partial charge in [0.2, 0.25) is 0 Å². The van der Waals surface area contributed by atoms with Crippen molar-refractivity contribution < 1.29 is 8.83 Å². The Morgan fingerprint density at radius 3 is 1.36 bits per heavy atom. The molecule has 338 valence electrons. The highest BCUT2D eigenvalue weighted by molar-refractivity contribution is 6.17. The average Bonchev–Trinajstić information content (AvgIpc) is 4.07. The van der Waals surface area contributed by atoms with Gasteiger partial charge in [0.25, 0.3) is 0 Å². The second-order valence-electron chi connectivity index (χ2n) is 19.5. The number of hydrogen-bond acceptors (Lipinski definition) is 2. The van der Waals surface area contributed by atoms with Crippen molar-refractivity contribution >= 4 is 65.7 Å². The Bertz CT molecular complexity index is 4430. The number of benzene rings is 11. The van der Waals surface area contributed by atoms with Gasteiger partial charge in [-0.1, -0.05) is 158 Å². The van der Waals surface area contributed by atoms with Gasteiger partial charge in [0, 0.05) is 50.0 Å². The second kappa shape index (κ2) is 16.2. The van der Waals surface area contributed by atoms with Crippen LogP contribution in [0.25, 0.3) is 127 Å². The van der Waals surface area contributed by atoms with Gasteiger partial charge in [-0.25, -0.2) is 0 Å². The fraction of sp³-hybridized carbons (Fsp3) is 0.0435. The lowest BCUT2D eigenvalue weighted by atomic mass is 9.84. The van der Waals surface area contributed by atoms with Crippen LogP contribution < -0.4 is 0 Å². The van der Waals surface area contributed by atoms with Crippen LogP contribution >= 0.6 is 0 Å². The molecule has 3 nitrogen and oxygen atoms in total. The number of nitrogens with zero attached hydrogens (tertiary/aromatic N) is 1. The van der Waals surface area contributed by atoms with E-state index in [2.05, 4.69) is 247 Å². The van der Waals surface area contributed by atoms with Crippen molar-refractivity contribution in [1.82, 2.24) is 4.57 Å². The molecule has 3 aromatic heterocycles. The minimum absolute atomic E-state index is 0.299. The van der Waals surface area contributed by atoms with Gasteiger partial charge < -0.3 is 13.4 Å². The summed E-state index contributed by atoms with van der Waals surface area (Å²) in [6.45, 7) is 0. The molecular formula is C69H45NO2. The fourth-order valence-corrected chi connectivity index (χ4v) is 11.9. The van der Waals surface area contributed by atoms with Crippen LogP contribution in [0.3, 0.4) is 0 Å². The summed E-state index contributed by atoms with van der Waals surface area (Å²) in [5.41, 5.74) is 23.2. The van der Waals surface area contributed by atoms with Crippen LogP contribution in [0.5, 0.6) is 0 Å². The molecule has 0 bridgehead atoms. The van der Waals surface area contributed by atoms with E-state index in [-0.39, 0.29) is 0 Å². The average molecular weight is 920 g/mol. The summed E-state index contributed by atoms with van der Waals surface area (Å²) in [6.07, 6.45) is 2.08. The smallest absolute Gasteiger partial charge is 0.139 e. The van der Waals surface area contributed by atoms with Gasteiger partial charge in [-0.05, 0) is 164 Å². The Morgan fingerprint density at radius 2 is 0.764 bits per heavy atom. The van der Waals surface area contributed by atoms with E-state index in [1.807, 2.05) is 0 Å². The molecule has 0 aliphatic heterocycles. The van der Waals surface area contributed by atoms with Gasteiger partial charge in [-0.3, -0.25) is 0 Å². The van der Waals surface area contributed by atoms with Gasteiger partial charge in [-0.2, -0.15) is 0 Å². The van der Waals surface area contributed by atoms with E-state index in [9.17, 15) is 0 Å². The topological polar surface area (TPSA) is 31.2 Å². The highest BCUT2D eigenvalue weighted by Crippen LogP contribution is 2.46. The third-order valence-corrected chi connectivity index (χ3v) is 15.5. The molecule has 1 unspecified atom stereocenters. The quantitative estimate of drug-likeness (QED) is 0.166. The molecule has 3 heterocycles. The van der Waals surface area contributed by atoms with Gasteiger partial charge in [0.15, 0.2) is 0 Å². The number of fused-ring (bicyclic) bond motifs is 12. The first-order valence-electron chi connectivity index (χ1n) is 25.1. The molecule has 0 spiro atoms. The van der Waals surface area contributed by atoms with Crippen LogP contribution in [0, 0.1) is 0 Å². The first kappa shape index (κ1) is 40.7. The predicted molar refractivity (Wildman–Crippen MR) is 299 cm³/mol. The molecule has 0 saturated carbocycles. The summed E-state index contributed by atoms with van der Waals surface area (Å²) in [5, 5.41) is 6.77. The maximum Gasteiger partial charge on any atom is 0.139 e. The predicted octanol–water partition coefficient (Wildman–Crippen LogP) is 19.0. The summed E-state index contributed by atoms with van der Waals surface area (Å²) < 4.78 is 15.6. The monoisotopic (exact) mass is 919 g/mol. The van der Waals surface area contributed by atoms with Crippen LogP contribution in [-0.4, -0.2) is 4.57 Å². The molecule has 3 heteroatoms. The molecule has 0 saturated heterocycles. The molecule has 14 aromatic rings. The lowest BCUT2D eigenvalue weighted by Crippen LogP contribution is -2.02. The van der Waals surface area contributed by atoms with Crippen LogP contribution in [0.15, 0.2) is 251 Å². The minimum Gasteiger partial charge on any atom is -0.456 e. The Balaban J connectivity index is 0.849. The zero-order valence-electron chi connectivity index (χ0n) is 39.3. The highest BCUT2D eigenvalue weighted by Gasteiger charge is 2.25. The summed E-state index contributed by atoms with van der Waals surface area (Å²) in [4.78, 5) is 0. The molecule has 1 aliphatic rings. The van der Waals surface area contributed by atoms with Crippen LogP contribution in [-0.2, 0) is 6.42 Å². The Morgan fingerprint density at radius 1 is 0.319 bits per heavy atom. The number of furan rings is 2. The van der Waals surface area contributed by atoms with E-state index in [0.29, 0.717) is 5.92 Å².